The van der Waals surface area contributed by atoms with Gasteiger partial charge in [-0.1, -0.05) is 17.5 Å². The molecule has 16 heavy (non-hydrogen) atoms. The van der Waals surface area contributed by atoms with Gasteiger partial charge in [0.2, 0.25) is 0 Å². The van der Waals surface area contributed by atoms with E-state index in [2.05, 4.69) is 16.8 Å². The summed E-state index contributed by atoms with van der Waals surface area (Å²) in [6.07, 6.45) is 1.90. The molecular formula is C12H11ClN2O. The zero-order valence-electron chi connectivity index (χ0n) is 8.87. The van der Waals surface area contributed by atoms with E-state index < -0.39 is 0 Å². The second kappa shape index (κ2) is 4.56. The topological polar surface area (TPSA) is 38.0 Å². The number of aromatic nitrogens is 2. The van der Waals surface area contributed by atoms with Gasteiger partial charge in [0.15, 0.2) is 0 Å². The Morgan fingerprint density at radius 1 is 1.56 bits per heavy atom. The van der Waals surface area contributed by atoms with E-state index in [9.17, 15) is 5.11 Å². The van der Waals surface area contributed by atoms with Crippen LogP contribution in [-0.2, 0) is 13.2 Å². The zero-order valence-corrected chi connectivity index (χ0v) is 9.62. The summed E-state index contributed by atoms with van der Waals surface area (Å²) in [6.45, 7) is 2.34. The van der Waals surface area contributed by atoms with Crippen molar-refractivity contribution in [2.45, 2.75) is 20.1 Å². The molecule has 2 rings (SSSR count). The fourth-order valence-electron chi connectivity index (χ4n) is 1.62. The molecule has 0 bridgehead atoms. The number of hydrogen-bond acceptors (Lipinski definition) is 2. The number of hydrogen-bond donors (Lipinski definition) is 1. The van der Waals surface area contributed by atoms with Gasteiger partial charge in [-0.3, -0.25) is 0 Å². The summed E-state index contributed by atoms with van der Waals surface area (Å²) >= 11 is 5.89. The molecule has 2 heterocycles. The van der Waals surface area contributed by atoms with E-state index in [4.69, 9.17) is 11.6 Å². The maximum Gasteiger partial charge on any atom is 0.142 e. The van der Waals surface area contributed by atoms with Crippen LogP contribution < -0.4 is 0 Å². The van der Waals surface area contributed by atoms with Crippen molar-refractivity contribution < 1.29 is 5.11 Å². The van der Waals surface area contributed by atoms with Crippen molar-refractivity contribution in [1.29, 1.82) is 0 Å². The van der Waals surface area contributed by atoms with E-state index >= 15 is 0 Å². The number of nitrogens with zero attached hydrogens (tertiary/aromatic N) is 2. The third-order valence-corrected chi connectivity index (χ3v) is 2.58. The van der Waals surface area contributed by atoms with Crippen LogP contribution in [0.15, 0.2) is 18.3 Å². The summed E-state index contributed by atoms with van der Waals surface area (Å²) in [4.78, 5) is 4.25. The number of pyridine rings is 1. The van der Waals surface area contributed by atoms with Crippen molar-refractivity contribution >= 4 is 22.6 Å². The summed E-state index contributed by atoms with van der Waals surface area (Å²) < 4.78 is 1.91. The van der Waals surface area contributed by atoms with Gasteiger partial charge in [0.1, 0.15) is 10.8 Å². The van der Waals surface area contributed by atoms with E-state index in [1.165, 1.54) is 0 Å². The molecule has 2 aromatic heterocycles. The maximum absolute atomic E-state index is 9.22. The number of halogens is 1. The zero-order chi connectivity index (χ0) is 11.5. The summed E-state index contributed by atoms with van der Waals surface area (Å²) in [6, 6.07) is 3.60. The average molecular weight is 235 g/mol. The van der Waals surface area contributed by atoms with Crippen molar-refractivity contribution in [2.75, 3.05) is 0 Å². The summed E-state index contributed by atoms with van der Waals surface area (Å²) in [5.41, 5.74) is 1.55. The molecule has 0 saturated heterocycles. The van der Waals surface area contributed by atoms with E-state index in [-0.39, 0.29) is 6.61 Å². The van der Waals surface area contributed by atoms with Crippen LogP contribution in [-0.4, -0.2) is 14.7 Å². The minimum absolute atomic E-state index is 0.0395. The molecule has 3 nitrogen and oxygen atoms in total. The first-order chi connectivity index (χ1) is 7.76. The molecule has 0 spiro atoms. The van der Waals surface area contributed by atoms with Crippen LogP contribution in [0.3, 0.4) is 0 Å². The SMILES string of the molecule is CC#CCn1ccc2c(CO)cc(Cl)nc21. The van der Waals surface area contributed by atoms with Gasteiger partial charge in [-0.15, -0.1) is 5.92 Å². The molecule has 0 radical (unpaired) electrons. The number of aliphatic hydroxyl groups is 1. The third kappa shape index (κ3) is 1.90. The number of aliphatic hydroxyl groups excluding tert-OH is 1. The second-order valence-electron chi connectivity index (χ2n) is 3.37. The Balaban J connectivity index is 2.60. The van der Waals surface area contributed by atoms with Crippen LogP contribution in [0.4, 0.5) is 0 Å². The average Bonchev–Trinajstić information content (AvgIpc) is 2.68. The van der Waals surface area contributed by atoms with E-state index in [0.29, 0.717) is 11.7 Å². The minimum atomic E-state index is -0.0395. The lowest BCUT2D eigenvalue weighted by Gasteiger charge is -2.02. The molecule has 0 fully saturated rings. The van der Waals surface area contributed by atoms with E-state index in [0.717, 1.165) is 16.6 Å². The van der Waals surface area contributed by atoms with E-state index in [1.807, 2.05) is 16.8 Å². The van der Waals surface area contributed by atoms with Crippen LogP contribution in [0.2, 0.25) is 5.15 Å². The Bertz CT molecular complexity index is 578. The second-order valence-corrected chi connectivity index (χ2v) is 3.76. The number of fused-ring (bicyclic) bond motifs is 1. The highest BCUT2D eigenvalue weighted by Gasteiger charge is 2.07. The third-order valence-electron chi connectivity index (χ3n) is 2.38. The van der Waals surface area contributed by atoms with Crippen LogP contribution in [0, 0.1) is 11.8 Å². The lowest BCUT2D eigenvalue weighted by molar-refractivity contribution is 0.283. The van der Waals surface area contributed by atoms with Crippen LogP contribution in [0.25, 0.3) is 11.0 Å². The van der Waals surface area contributed by atoms with Gasteiger partial charge >= 0.3 is 0 Å². The van der Waals surface area contributed by atoms with Crippen molar-refractivity contribution in [3.63, 3.8) is 0 Å². The summed E-state index contributed by atoms with van der Waals surface area (Å²) in [7, 11) is 0. The molecule has 0 aliphatic carbocycles. The normalized spacial score (nSPS) is 10.2. The van der Waals surface area contributed by atoms with Crippen molar-refractivity contribution in [3.05, 3.63) is 29.0 Å². The maximum atomic E-state index is 9.22. The predicted octanol–water partition coefficient (Wildman–Crippen LogP) is 2.21. The molecular weight excluding hydrogens is 224 g/mol. The molecule has 2 aromatic rings. The molecule has 82 valence electrons. The Labute approximate surface area is 98.7 Å². The summed E-state index contributed by atoms with van der Waals surface area (Å²) in [5, 5.41) is 10.5. The molecule has 0 aliphatic rings. The first-order valence-electron chi connectivity index (χ1n) is 4.91. The van der Waals surface area contributed by atoms with Gasteiger partial charge in [0.25, 0.3) is 0 Å². The van der Waals surface area contributed by atoms with Crippen molar-refractivity contribution in [1.82, 2.24) is 9.55 Å². The Morgan fingerprint density at radius 3 is 3.06 bits per heavy atom. The lowest BCUT2D eigenvalue weighted by Crippen LogP contribution is -1.96. The Morgan fingerprint density at radius 2 is 2.38 bits per heavy atom. The van der Waals surface area contributed by atoms with Gasteiger partial charge in [-0.2, -0.15) is 0 Å². The van der Waals surface area contributed by atoms with Crippen molar-refractivity contribution in [2.24, 2.45) is 0 Å². The first-order valence-corrected chi connectivity index (χ1v) is 5.28. The minimum Gasteiger partial charge on any atom is -0.392 e. The predicted molar refractivity (Wildman–Crippen MR) is 64.1 cm³/mol. The van der Waals surface area contributed by atoms with Crippen molar-refractivity contribution in [3.8, 4) is 11.8 Å². The van der Waals surface area contributed by atoms with Crippen LogP contribution in [0.5, 0.6) is 0 Å². The smallest absolute Gasteiger partial charge is 0.142 e. The molecule has 1 N–H and O–H groups in total. The van der Waals surface area contributed by atoms with Gasteiger partial charge in [0, 0.05) is 11.6 Å². The lowest BCUT2D eigenvalue weighted by atomic mass is 10.2. The summed E-state index contributed by atoms with van der Waals surface area (Å²) in [5.74, 6) is 5.80. The van der Waals surface area contributed by atoms with Gasteiger partial charge in [0.05, 0.1) is 13.2 Å². The quantitative estimate of drug-likeness (QED) is 0.639. The molecule has 0 aromatic carbocycles. The highest BCUT2D eigenvalue weighted by Crippen LogP contribution is 2.22. The van der Waals surface area contributed by atoms with Gasteiger partial charge in [-0.05, 0) is 24.6 Å². The van der Waals surface area contributed by atoms with Crippen LogP contribution in [0.1, 0.15) is 12.5 Å². The van der Waals surface area contributed by atoms with Gasteiger partial charge in [-0.25, -0.2) is 4.98 Å². The Kier molecular flexibility index (Phi) is 3.14. The first kappa shape index (κ1) is 11.0. The molecule has 0 saturated carbocycles. The fourth-order valence-corrected chi connectivity index (χ4v) is 1.83. The Hall–Kier alpha value is -1.50. The molecule has 0 aliphatic heterocycles. The fraction of sp³-hybridized carbons (Fsp3) is 0.250. The van der Waals surface area contributed by atoms with Crippen LogP contribution >= 0.6 is 11.6 Å². The highest BCUT2D eigenvalue weighted by atomic mass is 35.5. The molecule has 0 amide bonds. The molecule has 4 heteroatoms. The standard InChI is InChI=1S/C12H11ClN2O/c1-2-3-5-15-6-4-10-9(8-16)7-11(13)14-12(10)15/h4,6-7,16H,5,8H2,1H3. The highest BCUT2D eigenvalue weighted by molar-refractivity contribution is 6.29. The number of rotatable bonds is 2. The molecule has 0 atom stereocenters. The monoisotopic (exact) mass is 234 g/mol. The largest absolute Gasteiger partial charge is 0.392 e. The van der Waals surface area contributed by atoms with E-state index in [1.54, 1.807) is 13.0 Å². The van der Waals surface area contributed by atoms with Gasteiger partial charge < -0.3 is 9.67 Å². The molecule has 0 unspecified atom stereocenters.